The second-order valence-electron chi connectivity index (χ2n) is 6.21. The molecule has 0 radical (unpaired) electrons. The maximum absolute atomic E-state index is 12.3. The van der Waals surface area contributed by atoms with Gasteiger partial charge in [-0.05, 0) is 51.3 Å². The van der Waals surface area contributed by atoms with Crippen LogP contribution in [0.2, 0.25) is 0 Å². The fourth-order valence-electron chi connectivity index (χ4n) is 3.24. The van der Waals surface area contributed by atoms with Gasteiger partial charge in [-0.1, -0.05) is 24.1 Å². The number of carbonyl (C=O) groups is 2. The molecule has 2 amide bonds. The Morgan fingerprint density at radius 2 is 1.86 bits per heavy atom. The van der Waals surface area contributed by atoms with Gasteiger partial charge in [-0.3, -0.25) is 14.5 Å². The molecular formula is C17H25N3O2. The minimum Gasteiger partial charge on any atom is -0.368 e. The zero-order valence-electron chi connectivity index (χ0n) is 13.6. The van der Waals surface area contributed by atoms with E-state index in [9.17, 15) is 9.59 Å². The third-order valence-electron chi connectivity index (χ3n) is 4.23. The van der Waals surface area contributed by atoms with Gasteiger partial charge < -0.3 is 11.1 Å². The lowest BCUT2D eigenvalue weighted by atomic mass is 10.0. The van der Waals surface area contributed by atoms with Crippen molar-refractivity contribution in [1.82, 2.24) is 4.90 Å². The van der Waals surface area contributed by atoms with Crippen molar-refractivity contribution in [2.24, 2.45) is 5.73 Å². The first-order valence-electron chi connectivity index (χ1n) is 7.79. The van der Waals surface area contributed by atoms with Crippen molar-refractivity contribution in [2.75, 3.05) is 18.4 Å². The maximum atomic E-state index is 12.3. The van der Waals surface area contributed by atoms with E-state index in [1.165, 1.54) is 5.56 Å². The summed E-state index contributed by atoms with van der Waals surface area (Å²) in [6, 6.07) is 3.78. The van der Waals surface area contributed by atoms with Crippen molar-refractivity contribution in [2.45, 2.75) is 46.1 Å². The van der Waals surface area contributed by atoms with Crippen molar-refractivity contribution in [3.63, 3.8) is 0 Å². The van der Waals surface area contributed by atoms with Crippen molar-refractivity contribution in [3.05, 3.63) is 28.8 Å². The second-order valence-corrected chi connectivity index (χ2v) is 6.21. The van der Waals surface area contributed by atoms with Crippen LogP contribution < -0.4 is 11.1 Å². The molecule has 1 atom stereocenters. The molecule has 1 aromatic carbocycles. The number of anilines is 1. The number of likely N-dealkylation sites (tertiary alicyclic amines) is 1. The third kappa shape index (κ3) is 3.85. The standard InChI is InChI=1S/C17H25N3O2/c1-11-8-12(2)16(13(3)9-11)19-15(21)10-20-7-5-4-6-14(20)17(18)22/h8-9,14H,4-7,10H2,1-3H3,(H2,18,22)(H,19,21). The number of aryl methyl sites for hydroxylation is 3. The smallest absolute Gasteiger partial charge is 0.238 e. The molecule has 1 fully saturated rings. The quantitative estimate of drug-likeness (QED) is 0.892. The zero-order valence-corrected chi connectivity index (χ0v) is 13.6. The molecule has 1 aromatic rings. The lowest BCUT2D eigenvalue weighted by Crippen LogP contribution is -2.50. The number of nitrogens with one attached hydrogen (secondary N) is 1. The van der Waals surface area contributed by atoms with Crippen molar-refractivity contribution >= 4 is 17.5 Å². The van der Waals surface area contributed by atoms with E-state index in [1.54, 1.807) is 0 Å². The molecule has 1 heterocycles. The summed E-state index contributed by atoms with van der Waals surface area (Å²) in [5.74, 6) is -0.432. The molecule has 0 spiro atoms. The average molecular weight is 303 g/mol. The molecule has 0 aromatic heterocycles. The first-order chi connectivity index (χ1) is 10.4. The van der Waals surface area contributed by atoms with E-state index in [0.717, 1.165) is 42.6 Å². The SMILES string of the molecule is Cc1cc(C)c(NC(=O)CN2CCCCC2C(N)=O)c(C)c1. The van der Waals surface area contributed by atoms with Crippen LogP contribution in [-0.2, 0) is 9.59 Å². The summed E-state index contributed by atoms with van der Waals surface area (Å²) in [4.78, 5) is 25.7. The van der Waals surface area contributed by atoms with Crippen LogP contribution in [-0.4, -0.2) is 35.8 Å². The van der Waals surface area contributed by atoms with Crippen LogP contribution >= 0.6 is 0 Å². The summed E-state index contributed by atoms with van der Waals surface area (Å²) in [5, 5.41) is 2.98. The molecule has 1 aliphatic rings. The van der Waals surface area contributed by atoms with Crippen LogP contribution in [0.1, 0.15) is 36.0 Å². The number of hydrogen-bond donors (Lipinski definition) is 2. The van der Waals surface area contributed by atoms with E-state index in [-0.39, 0.29) is 24.4 Å². The molecular weight excluding hydrogens is 278 g/mol. The molecule has 1 aliphatic heterocycles. The van der Waals surface area contributed by atoms with Gasteiger partial charge >= 0.3 is 0 Å². The number of carbonyl (C=O) groups excluding carboxylic acids is 2. The Labute approximate surface area is 131 Å². The van der Waals surface area contributed by atoms with Crippen LogP contribution in [0, 0.1) is 20.8 Å². The molecule has 3 N–H and O–H groups in total. The third-order valence-corrected chi connectivity index (χ3v) is 4.23. The number of benzene rings is 1. The van der Waals surface area contributed by atoms with Crippen molar-refractivity contribution in [1.29, 1.82) is 0 Å². The van der Waals surface area contributed by atoms with Crippen LogP contribution in [0.15, 0.2) is 12.1 Å². The minimum absolute atomic E-state index is 0.0943. The summed E-state index contributed by atoms with van der Waals surface area (Å²) in [7, 11) is 0. The fourth-order valence-corrected chi connectivity index (χ4v) is 3.24. The van der Waals surface area contributed by atoms with E-state index in [1.807, 2.05) is 25.7 Å². The van der Waals surface area contributed by atoms with Crippen LogP contribution in [0.25, 0.3) is 0 Å². The Kier molecular flexibility index (Phi) is 5.19. The van der Waals surface area contributed by atoms with Crippen LogP contribution in [0.4, 0.5) is 5.69 Å². The van der Waals surface area contributed by atoms with E-state index < -0.39 is 0 Å². The van der Waals surface area contributed by atoms with Crippen LogP contribution in [0.3, 0.4) is 0 Å². The number of nitrogens with two attached hydrogens (primary N) is 1. The Morgan fingerprint density at radius 1 is 1.23 bits per heavy atom. The topological polar surface area (TPSA) is 75.4 Å². The van der Waals surface area contributed by atoms with Gasteiger partial charge in [0.25, 0.3) is 0 Å². The highest BCUT2D eigenvalue weighted by molar-refractivity contribution is 5.94. The summed E-state index contributed by atoms with van der Waals surface area (Å²) < 4.78 is 0. The Bertz CT molecular complexity index is 560. The van der Waals surface area contributed by atoms with Crippen LogP contribution in [0.5, 0.6) is 0 Å². The molecule has 5 nitrogen and oxygen atoms in total. The number of hydrogen-bond acceptors (Lipinski definition) is 3. The second kappa shape index (κ2) is 6.92. The summed E-state index contributed by atoms with van der Waals surface area (Å²) >= 11 is 0. The maximum Gasteiger partial charge on any atom is 0.238 e. The molecule has 0 bridgehead atoms. The largest absolute Gasteiger partial charge is 0.368 e. The minimum atomic E-state index is -0.338. The monoisotopic (exact) mass is 303 g/mol. The molecule has 1 saturated heterocycles. The lowest BCUT2D eigenvalue weighted by molar-refractivity contribution is -0.126. The lowest BCUT2D eigenvalue weighted by Gasteiger charge is -2.33. The summed E-state index contributed by atoms with van der Waals surface area (Å²) in [6.45, 7) is 6.97. The first kappa shape index (κ1) is 16.5. The molecule has 120 valence electrons. The summed E-state index contributed by atoms with van der Waals surface area (Å²) in [5.41, 5.74) is 9.58. The number of piperidine rings is 1. The zero-order chi connectivity index (χ0) is 16.3. The number of amides is 2. The van der Waals surface area contributed by atoms with Gasteiger partial charge in [0, 0.05) is 5.69 Å². The first-order valence-corrected chi connectivity index (χ1v) is 7.79. The highest BCUT2D eigenvalue weighted by Crippen LogP contribution is 2.22. The van der Waals surface area contributed by atoms with E-state index in [0.29, 0.717) is 0 Å². The summed E-state index contributed by atoms with van der Waals surface area (Å²) in [6.07, 6.45) is 2.73. The fraction of sp³-hybridized carbons (Fsp3) is 0.529. The highest BCUT2D eigenvalue weighted by atomic mass is 16.2. The molecule has 0 saturated carbocycles. The van der Waals surface area contributed by atoms with E-state index in [2.05, 4.69) is 17.4 Å². The Balaban J connectivity index is 2.05. The van der Waals surface area contributed by atoms with Crippen molar-refractivity contribution < 1.29 is 9.59 Å². The van der Waals surface area contributed by atoms with Gasteiger partial charge in [0.1, 0.15) is 0 Å². The molecule has 2 rings (SSSR count). The van der Waals surface area contributed by atoms with E-state index >= 15 is 0 Å². The molecule has 0 aliphatic carbocycles. The highest BCUT2D eigenvalue weighted by Gasteiger charge is 2.28. The predicted molar refractivity (Wildman–Crippen MR) is 87.7 cm³/mol. The predicted octanol–water partition coefficient (Wildman–Crippen LogP) is 1.89. The number of rotatable bonds is 4. The molecule has 5 heteroatoms. The average Bonchev–Trinajstić information content (AvgIpc) is 2.43. The number of primary amides is 1. The normalized spacial score (nSPS) is 19.0. The Morgan fingerprint density at radius 3 is 2.45 bits per heavy atom. The van der Waals surface area contributed by atoms with Gasteiger partial charge in [-0.25, -0.2) is 0 Å². The van der Waals surface area contributed by atoms with Gasteiger partial charge in [0.15, 0.2) is 0 Å². The molecule has 22 heavy (non-hydrogen) atoms. The van der Waals surface area contributed by atoms with Crippen molar-refractivity contribution in [3.8, 4) is 0 Å². The molecule has 1 unspecified atom stereocenters. The van der Waals surface area contributed by atoms with Gasteiger partial charge in [-0.15, -0.1) is 0 Å². The van der Waals surface area contributed by atoms with Gasteiger partial charge in [-0.2, -0.15) is 0 Å². The number of nitrogens with zero attached hydrogens (tertiary/aromatic N) is 1. The Hall–Kier alpha value is -1.88. The van der Waals surface area contributed by atoms with E-state index in [4.69, 9.17) is 5.73 Å². The van der Waals surface area contributed by atoms with Gasteiger partial charge in [0.05, 0.1) is 12.6 Å². The van der Waals surface area contributed by atoms with Gasteiger partial charge in [0.2, 0.25) is 11.8 Å².